The molecule has 1 N–H and O–H groups in total. The van der Waals surface area contributed by atoms with Crippen molar-refractivity contribution >= 4 is 0 Å². The summed E-state index contributed by atoms with van der Waals surface area (Å²) >= 11 is 0. The number of phenols is 1. The van der Waals surface area contributed by atoms with E-state index in [-0.39, 0.29) is 5.75 Å². The molecule has 0 radical (unpaired) electrons. The number of nitriles is 1. The van der Waals surface area contributed by atoms with Crippen LogP contribution in [0.3, 0.4) is 0 Å². The zero-order valence-electron chi connectivity index (χ0n) is 10.1. The fourth-order valence-corrected chi connectivity index (χ4v) is 1.83. The number of aromatic hydroxyl groups is 1. The van der Waals surface area contributed by atoms with E-state index in [1.54, 1.807) is 13.2 Å². The molecular weight excluding hydrogens is 226 g/mol. The van der Waals surface area contributed by atoms with Crippen LogP contribution in [0.4, 0.5) is 0 Å². The van der Waals surface area contributed by atoms with Crippen molar-refractivity contribution in [1.29, 1.82) is 5.26 Å². The Morgan fingerprint density at radius 2 is 1.89 bits per heavy atom. The van der Waals surface area contributed by atoms with Gasteiger partial charge in [-0.2, -0.15) is 5.26 Å². The molecule has 0 aliphatic rings. The quantitative estimate of drug-likeness (QED) is 0.896. The molecule has 0 spiro atoms. The van der Waals surface area contributed by atoms with E-state index in [1.807, 2.05) is 36.4 Å². The first-order chi connectivity index (χ1) is 8.74. The summed E-state index contributed by atoms with van der Waals surface area (Å²) in [6, 6.07) is 14.8. The molecule has 2 rings (SSSR count). The number of rotatable bonds is 3. The van der Waals surface area contributed by atoms with Crippen LogP contribution in [0.15, 0.2) is 42.5 Å². The zero-order chi connectivity index (χ0) is 13.0. The summed E-state index contributed by atoms with van der Waals surface area (Å²) in [5.74, 6) is 0.832. The van der Waals surface area contributed by atoms with Crippen molar-refractivity contribution in [2.45, 2.75) is 6.42 Å². The van der Waals surface area contributed by atoms with Crippen LogP contribution < -0.4 is 4.74 Å². The minimum absolute atomic E-state index is 0.0310. The van der Waals surface area contributed by atoms with E-state index in [0.717, 1.165) is 16.9 Å². The molecule has 2 aromatic rings. The van der Waals surface area contributed by atoms with Crippen LogP contribution in [0.2, 0.25) is 0 Å². The van der Waals surface area contributed by atoms with Crippen LogP contribution in [0.1, 0.15) is 16.7 Å². The van der Waals surface area contributed by atoms with Gasteiger partial charge in [0.05, 0.1) is 12.7 Å². The van der Waals surface area contributed by atoms with E-state index in [1.165, 1.54) is 6.07 Å². The standard InChI is InChI=1S/C15H13NO2/c1-18-13-7-5-11(6-8-13)9-12-3-2-4-15(17)14(12)10-16/h2-8,17H,9H2,1H3. The second-order valence-corrected chi connectivity index (χ2v) is 3.95. The Bertz CT molecular complexity index is 582. The fourth-order valence-electron chi connectivity index (χ4n) is 1.83. The molecule has 18 heavy (non-hydrogen) atoms. The minimum atomic E-state index is 0.0310. The van der Waals surface area contributed by atoms with Crippen molar-refractivity contribution in [3.63, 3.8) is 0 Å². The first-order valence-electron chi connectivity index (χ1n) is 5.58. The second kappa shape index (κ2) is 5.24. The lowest BCUT2D eigenvalue weighted by atomic mass is 10.00. The van der Waals surface area contributed by atoms with Crippen molar-refractivity contribution in [3.05, 3.63) is 59.2 Å². The highest BCUT2D eigenvalue weighted by Gasteiger charge is 2.07. The molecule has 0 aromatic heterocycles. The Balaban J connectivity index is 2.28. The van der Waals surface area contributed by atoms with E-state index in [0.29, 0.717) is 12.0 Å². The zero-order valence-corrected chi connectivity index (χ0v) is 10.1. The topological polar surface area (TPSA) is 53.2 Å². The van der Waals surface area contributed by atoms with Gasteiger partial charge < -0.3 is 9.84 Å². The number of nitrogens with zero attached hydrogens (tertiary/aromatic N) is 1. The fraction of sp³-hybridized carbons (Fsp3) is 0.133. The first kappa shape index (κ1) is 12.0. The lowest BCUT2D eigenvalue weighted by molar-refractivity contribution is 0.414. The molecule has 2 aromatic carbocycles. The largest absolute Gasteiger partial charge is 0.507 e. The van der Waals surface area contributed by atoms with E-state index < -0.39 is 0 Å². The number of methoxy groups -OCH3 is 1. The van der Waals surface area contributed by atoms with Crippen LogP contribution in [0.5, 0.6) is 11.5 Å². The molecule has 3 nitrogen and oxygen atoms in total. The minimum Gasteiger partial charge on any atom is -0.507 e. The Hall–Kier alpha value is -2.47. The van der Waals surface area contributed by atoms with Gasteiger partial charge in [-0.25, -0.2) is 0 Å². The van der Waals surface area contributed by atoms with Gasteiger partial charge in [-0.3, -0.25) is 0 Å². The number of hydrogen-bond acceptors (Lipinski definition) is 3. The van der Waals surface area contributed by atoms with Gasteiger partial charge in [-0.05, 0) is 35.7 Å². The number of hydrogen-bond donors (Lipinski definition) is 1. The molecular formula is C15H13NO2. The van der Waals surface area contributed by atoms with E-state index in [4.69, 9.17) is 10.00 Å². The van der Waals surface area contributed by atoms with Gasteiger partial charge in [-0.15, -0.1) is 0 Å². The highest BCUT2D eigenvalue weighted by atomic mass is 16.5. The number of ether oxygens (including phenoxy) is 1. The van der Waals surface area contributed by atoms with Crippen LogP contribution in [0.25, 0.3) is 0 Å². The highest BCUT2D eigenvalue weighted by molar-refractivity contribution is 5.49. The van der Waals surface area contributed by atoms with Crippen LogP contribution in [-0.2, 0) is 6.42 Å². The summed E-state index contributed by atoms with van der Waals surface area (Å²) in [6.07, 6.45) is 0.612. The highest BCUT2D eigenvalue weighted by Crippen LogP contribution is 2.23. The van der Waals surface area contributed by atoms with Gasteiger partial charge >= 0.3 is 0 Å². The SMILES string of the molecule is COc1ccc(Cc2cccc(O)c2C#N)cc1. The normalized spacial score (nSPS) is 9.78. The summed E-state index contributed by atoms with van der Waals surface area (Å²) in [7, 11) is 1.62. The van der Waals surface area contributed by atoms with Crippen molar-refractivity contribution in [2.24, 2.45) is 0 Å². The van der Waals surface area contributed by atoms with Crippen LogP contribution >= 0.6 is 0 Å². The number of benzene rings is 2. The van der Waals surface area contributed by atoms with Gasteiger partial charge in [0.25, 0.3) is 0 Å². The van der Waals surface area contributed by atoms with Crippen molar-refractivity contribution < 1.29 is 9.84 Å². The molecule has 0 saturated heterocycles. The van der Waals surface area contributed by atoms with E-state index in [2.05, 4.69) is 0 Å². The summed E-state index contributed by atoms with van der Waals surface area (Å²) in [5, 5.41) is 18.6. The van der Waals surface area contributed by atoms with Gasteiger partial charge in [-0.1, -0.05) is 24.3 Å². The summed E-state index contributed by atoms with van der Waals surface area (Å²) in [5.41, 5.74) is 2.23. The van der Waals surface area contributed by atoms with E-state index in [9.17, 15) is 5.11 Å². The van der Waals surface area contributed by atoms with Gasteiger partial charge in [0.2, 0.25) is 0 Å². The molecule has 90 valence electrons. The van der Waals surface area contributed by atoms with Crippen molar-refractivity contribution in [2.75, 3.05) is 7.11 Å². The molecule has 0 aliphatic heterocycles. The average Bonchev–Trinajstić information content (AvgIpc) is 2.40. The Morgan fingerprint density at radius 3 is 2.50 bits per heavy atom. The Labute approximate surface area is 106 Å². The van der Waals surface area contributed by atoms with E-state index >= 15 is 0 Å². The molecule has 0 saturated carbocycles. The molecule has 0 bridgehead atoms. The van der Waals surface area contributed by atoms with Crippen molar-refractivity contribution in [1.82, 2.24) is 0 Å². The lowest BCUT2D eigenvalue weighted by Crippen LogP contribution is -1.93. The third-order valence-electron chi connectivity index (χ3n) is 2.79. The maximum absolute atomic E-state index is 9.61. The van der Waals surface area contributed by atoms with Gasteiger partial charge in [0.1, 0.15) is 17.6 Å². The average molecular weight is 239 g/mol. The third kappa shape index (κ3) is 2.44. The summed E-state index contributed by atoms with van der Waals surface area (Å²) in [6.45, 7) is 0. The number of phenolic OH excluding ortho intramolecular Hbond substituents is 1. The molecule has 3 heteroatoms. The summed E-state index contributed by atoms with van der Waals surface area (Å²) < 4.78 is 5.09. The third-order valence-corrected chi connectivity index (χ3v) is 2.79. The lowest BCUT2D eigenvalue weighted by Gasteiger charge is -2.06. The molecule has 0 amide bonds. The maximum atomic E-state index is 9.61. The predicted molar refractivity (Wildman–Crippen MR) is 68.6 cm³/mol. The molecule has 0 fully saturated rings. The first-order valence-corrected chi connectivity index (χ1v) is 5.58. The predicted octanol–water partition coefficient (Wildman–Crippen LogP) is 2.86. The second-order valence-electron chi connectivity index (χ2n) is 3.95. The van der Waals surface area contributed by atoms with Crippen LogP contribution in [-0.4, -0.2) is 12.2 Å². The molecule has 0 unspecified atom stereocenters. The van der Waals surface area contributed by atoms with Crippen LogP contribution in [0, 0.1) is 11.3 Å². The maximum Gasteiger partial charge on any atom is 0.133 e. The monoisotopic (exact) mass is 239 g/mol. The Kier molecular flexibility index (Phi) is 3.49. The Morgan fingerprint density at radius 1 is 1.17 bits per heavy atom. The van der Waals surface area contributed by atoms with Gasteiger partial charge in [0.15, 0.2) is 0 Å². The molecule has 0 atom stereocenters. The summed E-state index contributed by atoms with van der Waals surface area (Å²) in [4.78, 5) is 0. The molecule has 0 heterocycles. The smallest absolute Gasteiger partial charge is 0.133 e. The van der Waals surface area contributed by atoms with Gasteiger partial charge in [0, 0.05) is 0 Å². The van der Waals surface area contributed by atoms with Crippen molar-refractivity contribution in [3.8, 4) is 17.6 Å². The molecule has 0 aliphatic carbocycles.